The van der Waals surface area contributed by atoms with Crippen LogP contribution in [0.1, 0.15) is 5.56 Å². The van der Waals surface area contributed by atoms with Crippen LogP contribution in [0.2, 0.25) is 0 Å². The summed E-state index contributed by atoms with van der Waals surface area (Å²) in [7, 11) is 2.12. The fourth-order valence-electron chi connectivity index (χ4n) is 6.19. The van der Waals surface area contributed by atoms with Gasteiger partial charge in [-0.15, -0.1) is 0 Å². The molecule has 0 spiro atoms. The average molecular weight is 540 g/mol. The Bertz CT molecular complexity index is 2340. The van der Waals surface area contributed by atoms with Crippen molar-refractivity contribution in [2.24, 2.45) is 0 Å². The molecular formula is C38H25N3O. The number of anilines is 2. The number of para-hydroxylation sites is 2. The van der Waals surface area contributed by atoms with Gasteiger partial charge in [-0.1, -0.05) is 66.7 Å². The molecule has 0 unspecified atom stereocenters. The highest BCUT2D eigenvalue weighted by Crippen LogP contribution is 2.39. The second kappa shape index (κ2) is 9.40. The number of benzene rings is 6. The zero-order valence-corrected chi connectivity index (χ0v) is 23.0. The van der Waals surface area contributed by atoms with Crippen molar-refractivity contribution in [2.75, 3.05) is 11.9 Å². The minimum atomic E-state index is 0.659. The summed E-state index contributed by atoms with van der Waals surface area (Å²) in [5.41, 5.74) is 10.2. The smallest absolute Gasteiger partial charge is 0.135 e. The van der Waals surface area contributed by atoms with Gasteiger partial charge in [0.15, 0.2) is 0 Å². The molecule has 8 rings (SSSR count). The Labute approximate surface area is 242 Å². The molecule has 0 bridgehead atoms. The van der Waals surface area contributed by atoms with Crippen molar-refractivity contribution in [3.05, 3.63) is 139 Å². The number of rotatable bonds is 4. The van der Waals surface area contributed by atoms with Crippen molar-refractivity contribution in [1.29, 1.82) is 5.26 Å². The fourth-order valence-corrected chi connectivity index (χ4v) is 6.19. The molecule has 0 N–H and O–H groups in total. The molecule has 0 radical (unpaired) electrons. The number of furan rings is 1. The van der Waals surface area contributed by atoms with Crippen LogP contribution >= 0.6 is 0 Å². The van der Waals surface area contributed by atoms with Crippen LogP contribution in [0, 0.1) is 11.3 Å². The van der Waals surface area contributed by atoms with E-state index in [1.807, 2.05) is 30.3 Å². The molecule has 4 heteroatoms. The third-order valence-corrected chi connectivity index (χ3v) is 8.23. The van der Waals surface area contributed by atoms with Gasteiger partial charge in [0.25, 0.3) is 0 Å². The molecule has 6 aromatic carbocycles. The molecule has 0 saturated heterocycles. The number of fused-ring (bicyclic) bond motifs is 6. The minimum Gasteiger partial charge on any atom is -0.456 e. The maximum atomic E-state index is 9.52. The number of nitriles is 1. The fraction of sp³-hybridized carbons (Fsp3) is 0.0263. The van der Waals surface area contributed by atoms with Gasteiger partial charge >= 0.3 is 0 Å². The van der Waals surface area contributed by atoms with Crippen LogP contribution in [0.3, 0.4) is 0 Å². The minimum absolute atomic E-state index is 0.659. The molecule has 4 nitrogen and oxygen atoms in total. The van der Waals surface area contributed by atoms with E-state index in [1.54, 1.807) is 0 Å². The Kier molecular flexibility index (Phi) is 5.38. The molecule has 0 saturated carbocycles. The van der Waals surface area contributed by atoms with Crippen molar-refractivity contribution >= 4 is 55.1 Å². The normalized spacial score (nSPS) is 11.4. The number of nitrogens with zero attached hydrogens (tertiary/aromatic N) is 3. The SMILES string of the molecule is CN(c1ccc2oc3ccc(-n4c5ccccc5c5cc(C#N)ccc54)cc3c2c1)c1ccccc1-c1ccccc1. The first kappa shape index (κ1) is 24.0. The van der Waals surface area contributed by atoms with Crippen LogP contribution in [0.4, 0.5) is 11.4 Å². The second-order valence-corrected chi connectivity index (χ2v) is 10.6. The molecule has 0 atom stereocenters. The topological polar surface area (TPSA) is 45.1 Å². The highest BCUT2D eigenvalue weighted by molar-refractivity contribution is 6.11. The van der Waals surface area contributed by atoms with E-state index in [4.69, 9.17) is 4.42 Å². The first-order chi connectivity index (χ1) is 20.7. The molecule has 8 aromatic rings. The number of aromatic nitrogens is 1. The van der Waals surface area contributed by atoms with Crippen LogP contribution in [-0.4, -0.2) is 11.6 Å². The Hall–Kier alpha value is -5.79. The standard InChI is InChI=1S/C38H25N3O/c1-40(34-13-7-5-11-29(34)26-9-3-2-4-10-26)27-16-19-37-32(22-27)33-23-28(17-20-38(33)42-37)41-35-14-8-6-12-30(35)31-21-25(24-39)15-18-36(31)41/h2-23H,1H3. The van der Waals surface area contributed by atoms with E-state index < -0.39 is 0 Å². The van der Waals surface area contributed by atoms with Gasteiger partial charge in [-0.3, -0.25) is 0 Å². The lowest BCUT2D eigenvalue weighted by atomic mass is 10.0. The summed E-state index contributed by atoms with van der Waals surface area (Å²) < 4.78 is 8.57. The van der Waals surface area contributed by atoms with Gasteiger partial charge < -0.3 is 13.9 Å². The van der Waals surface area contributed by atoms with Crippen LogP contribution < -0.4 is 4.90 Å². The Balaban J connectivity index is 1.29. The van der Waals surface area contributed by atoms with Crippen LogP contribution in [0.15, 0.2) is 138 Å². The van der Waals surface area contributed by atoms with Gasteiger partial charge in [-0.25, -0.2) is 0 Å². The van der Waals surface area contributed by atoms with Crippen LogP contribution in [0.25, 0.3) is 60.6 Å². The van der Waals surface area contributed by atoms with Gasteiger partial charge in [0.2, 0.25) is 0 Å². The molecule has 2 heterocycles. The molecule has 2 aromatic heterocycles. The average Bonchev–Trinajstić information content (AvgIpc) is 3.59. The van der Waals surface area contributed by atoms with Crippen molar-refractivity contribution in [1.82, 2.24) is 4.57 Å². The molecule has 0 aliphatic rings. The summed E-state index contributed by atoms with van der Waals surface area (Å²) in [5, 5.41) is 13.9. The lowest BCUT2D eigenvalue weighted by Crippen LogP contribution is -2.10. The summed E-state index contributed by atoms with van der Waals surface area (Å²) in [6.07, 6.45) is 0. The Morgan fingerprint density at radius 2 is 1.33 bits per heavy atom. The summed E-state index contributed by atoms with van der Waals surface area (Å²) in [5.74, 6) is 0. The first-order valence-electron chi connectivity index (χ1n) is 14.0. The van der Waals surface area contributed by atoms with E-state index in [-0.39, 0.29) is 0 Å². The molecule has 0 aliphatic carbocycles. The predicted octanol–water partition coefficient (Wildman–Crippen LogP) is 9.99. The molecule has 42 heavy (non-hydrogen) atoms. The quantitative estimate of drug-likeness (QED) is 0.224. The molecular weight excluding hydrogens is 514 g/mol. The monoisotopic (exact) mass is 539 g/mol. The van der Waals surface area contributed by atoms with E-state index in [0.717, 1.165) is 60.8 Å². The Morgan fingerprint density at radius 1 is 0.619 bits per heavy atom. The third kappa shape index (κ3) is 3.68. The molecule has 0 aliphatic heterocycles. The second-order valence-electron chi connectivity index (χ2n) is 10.6. The maximum absolute atomic E-state index is 9.52. The van der Waals surface area contributed by atoms with Crippen molar-refractivity contribution in [3.63, 3.8) is 0 Å². The lowest BCUT2D eigenvalue weighted by molar-refractivity contribution is 0.669. The van der Waals surface area contributed by atoms with Crippen molar-refractivity contribution in [2.45, 2.75) is 0 Å². The largest absolute Gasteiger partial charge is 0.456 e. The van der Waals surface area contributed by atoms with Crippen LogP contribution in [-0.2, 0) is 0 Å². The van der Waals surface area contributed by atoms with Gasteiger partial charge in [0.1, 0.15) is 11.2 Å². The number of hydrogen-bond acceptors (Lipinski definition) is 3. The molecule has 198 valence electrons. The summed E-state index contributed by atoms with van der Waals surface area (Å²) in [6.45, 7) is 0. The summed E-state index contributed by atoms with van der Waals surface area (Å²) in [4.78, 5) is 2.24. The highest BCUT2D eigenvalue weighted by Gasteiger charge is 2.17. The van der Waals surface area contributed by atoms with E-state index >= 15 is 0 Å². The van der Waals surface area contributed by atoms with Crippen LogP contribution in [0.5, 0.6) is 0 Å². The highest BCUT2D eigenvalue weighted by atomic mass is 16.3. The van der Waals surface area contributed by atoms with E-state index in [9.17, 15) is 5.26 Å². The third-order valence-electron chi connectivity index (χ3n) is 8.23. The maximum Gasteiger partial charge on any atom is 0.135 e. The van der Waals surface area contributed by atoms with E-state index in [0.29, 0.717) is 5.56 Å². The summed E-state index contributed by atoms with van der Waals surface area (Å²) >= 11 is 0. The lowest BCUT2D eigenvalue weighted by Gasteiger charge is -2.23. The first-order valence-corrected chi connectivity index (χ1v) is 14.0. The summed E-state index contributed by atoms with van der Waals surface area (Å²) in [6, 6.07) is 48.4. The molecule has 0 fully saturated rings. The van der Waals surface area contributed by atoms with Gasteiger partial charge in [0, 0.05) is 51.2 Å². The zero-order valence-electron chi connectivity index (χ0n) is 23.0. The zero-order chi connectivity index (χ0) is 28.2. The van der Waals surface area contributed by atoms with Crippen molar-refractivity contribution in [3.8, 4) is 22.9 Å². The Morgan fingerprint density at radius 3 is 2.19 bits per heavy atom. The predicted molar refractivity (Wildman–Crippen MR) is 173 cm³/mol. The van der Waals surface area contributed by atoms with Crippen molar-refractivity contribution < 1.29 is 4.42 Å². The molecule has 0 amide bonds. The van der Waals surface area contributed by atoms with E-state index in [1.165, 1.54) is 11.1 Å². The van der Waals surface area contributed by atoms with Gasteiger partial charge in [0.05, 0.1) is 22.7 Å². The van der Waals surface area contributed by atoms with Gasteiger partial charge in [-0.2, -0.15) is 5.26 Å². The van der Waals surface area contributed by atoms with E-state index in [2.05, 4.69) is 126 Å². The van der Waals surface area contributed by atoms with Gasteiger partial charge in [-0.05, 0) is 72.3 Å². The number of hydrogen-bond donors (Lipinski definition) is 0.